The maximum absolute atomic E-state index is 11.6. The van der Waals surface area contributed by atoms with E-state index in [2.05, 4.69) is 22.1 Å². The van der Waals surface area contributed by atoms with Crippen molar-refractivity contribution in [2.45, 2.75) is 19.4 Å². The van der Waals surface area contributed by atoms with Crippen LogP contribution in [0.4, 0.5) is 0 Å². The molecule has 0 bridgehead atoms. The van der Waals surface area contributed by atoms with Crippen molar-refractivity contribution in [3.05, 3.63) is 84.3 Å². The molecule has 0 radical (unpaired) electrons. The number of ketones is 1. The lowest BCUT2D eigenvalue weighted by molar-refractivity contribution is 0.101. The monoisotopic (exact) mass is 385 g/mol. The number of fused-ring (bicyclic) bond motifs is 1. The number of nitrogens with one attached hydrogen (secondary N) is 1. The Kier molecular flexibility index (Phi) is 5.40. The summed E-state index contributed by atoms with van der Waals surface area (Å²) in [5.74, 6) is 0.695. The number of nitrogens with zero attached hydrogens (tertiary/aromatic N) is 1. The van der Waals surface area contributed by atoms with E-state index in [1.54, 1.807) is 19.3 Å². The van der Waals surface area contributed by atoms with Gasteiger partial charge in [0.15, 0.2) is 5.78 Å². The molecule has 0 unspecified atom stereocenters. The highest BCUT2D eigenvalue weighted by Gasteiger charge is 2.10. The number of aromatic amines is 1. The molecule has 0 aliphatic carbocycles. The molecule has 1 atom stereocenters. The average Bonchev–Trinajstić information content (AvgIpc) is 3.15. The quantitative estimate of drug-likeness (QED) is 0.463. The molecule has 2 aromatic carbocycles. The smallest absolute Gasteiger partial charge is 0.159 e. The Hall–Kier alpha value is -3.44. The van der Waals surface area contributed by atoms with E-state index in [0.29, 0.717) is 17.9 Å². The molecule has 0 spiro atoms. The first-order chi connectivity index (χ1) is 14.1. The predicted molar refractivity (Wildman–Crippen MR) is 115 cm³/mol. The molecule has 3 N–H and O–H groups in total. The number of hydrogen-bond donors (Lipinski definition) is 2. The summed E-state index contributed by atoms with van der Waals surface area (Å²) in [5, 5.41) is 1.19. The molecule has 4 rings (SSSR count). The second-order valence-electron chi connectivity index (χ2n) is 7.18. The van der Waals surface area contributed by atoms with Crippen LogP contribution in [0.5, 0.6) is 5.75 Å². The number of aromatic nitrogens is 2. The van der Waals surface area contributed by atoms with Gasteiger partial charge in [0, 0.05) is 40.5 Å². The minimum absolute atomic E-state index is 0.0375. The zero-order chi connectivity index (χ0) is 20.2. The summed E-state index contributed by atoms with van der Waals surface area (Å²) in [7, 11) is 0. The van der Waals surface area contributed by atoms with Gasteiger partial charge in [0.2, 0.25) is 0 Å². The van der Waals surface area contributed by atoms with Gasteiger partial charge in [0.25, 0.3) is 0 Å². The third-order valence-electron chi connectivity index (χ3n) is 4.94. The van der Waals surface area contributed by atoms with Crippen molar-refractivity contribution in [3.8, 4) is 16.9 Å². The summed E-state index contributed by atoms with van der Waals surface area (Å²) in [6, 6.07) is 17.5. The van der Waals surface area contributed by atoms with E-state index in [1.165, 1.54) is 10.9 Å². The molecule has 5 heteroatoms. The van der Waals surface area contributed by atoms with Crippen LogP contribution in [0.1, 0.15) is 22.8 Å². The molecule has 29 heavy (non-hydrogen) atoms. The number of para-hydroxylation sites is 1. The molecule has 0 amide bonds. The number of nitrogens with two attached hydrogens (primary N) is 1. The number of benzene rings is 2. The second-order valence-corrected chi connectivity index (χ2v) is 7.18. The number of H-pyrrole nitrogens is 1. The largest absolute Gasteiger partial charge is 0.490 e. The minimum atomic E-state index is -0.140. The molecular formula is C24H23N3O2. The van der Waals surface area contributed by atoms with Crippen LogP contribution in [-0.2, 0) is 6.42 Å². The Labute approximate surface area is 169 Å². The normalized spacial score (nSPS) is 12.1. The van der Waals surface area contributed by atoms with E-state index in [-0.39, 0.29) is 11.8 Å². The second kappa shape index (κ2) is 8.29. The Morgan fingerprint density at radius 2 is 1.97 bits per heavy atom. The van der Waals surface area contributed by atoms with Crippen molar-refractivity contribution in [2.24, 2.45) is 5.73 Å². The number of carbonyl (C=O) groups is 1. The lowest BCUT2D eigenvalue weighted by atomic mass is 10.0. The third-order valence-corrected chi connectivity index (χ3v) is 4.94. The van der Waals surface area contributed by atoms with E-state index in [0.717, 1.165) is 23.1 Å². The van der Waals surface area contributed by atoms with Gasteiger partial charge in [-0.1, -0.05) is 36.4 Å². The molecular weight excluding hydrogens is 362 g/mol. The first-order valence-corrected chi connectivity index (χ1v) is 9.60. The molecule has 5 nitrogen and oxygen atoms in total. The van der Waals surface area contributed by atoms with Gasteiger partial charge in [0.1, 0.15) is 12.4 Å². The van der Waals surface area contributed by atoms with Crippen LogP contribution < -0.4 is 10.5 Å². The highest BCUT2D eigenvalue weighted by molar-refractivity contribution is 5.95. The lowest BCUT2D eigenvalue weighted by Crippen LogP contribution is -2.30. The van der Waals surface area contributed by atoms with Crippen molar-refractivity contribution in [1.29, 1.82) is 0 Å². The van der Waals surface area contributed by atoms with Crippen LogP contribution in [0.3, 0.4) is 0 Å². The van der Waals surface area contributed by atoms with Gasteiger partial charge in [-0.15, -0.1) is 0 Å². The van der Waals surface area contributed by atoms with Gasteiger partial charge in [-0.25, -0.2) is 0 Å². The summed E-state index contributed by atoms with van der Waals surface area (Å²) in [6.07, 6.45) is 6.17. The highest BCUT2D eigenvalue weighted by Crippen LogP contribution is 2.24. The summed E-state index contributed by atoms with van der Waals surface area (Å²) < 4.78 is 5.90. The van der Waals surface area contributed by atoms with Crippen molar-refractivity contribution in [1.82, 2.24) is 9.97 Å². The molecule has 2 heterocycles. The zero-order valence-corrected chi connectivity index (χ0v) is 16.3. The number of Topliss-reactive ketones (excluding diaryl/α,β-unsaturated/α-hetero) is 1. The molecule has 2 aromatic heterocycles. The van der Waals surface area contributed by atoms with E-state index < -0.39 is 0 Å². The van der Waals surface area contributed by atoms with Crippen LogP contribution >= 0.6 is 0 Å². The van der Waals surface area contributed by atoms with Gasteiger partial charge < -0.3 is 15.5 Å². The van der Waals surface area contributed by atoms with Crippen LogP contribution in [0.15, 0.2) is 73.2 Å². The molecule has 0 aliphatic heterocycles. The fourth-order valence-electron chi connectivity index (χ4n) is 3.42. The fourth-order valence-corrected chi connectivity index (χ4v) is 3.42. The van der Waals surface area contributed by atoms with E-state index >= 15 is 0 Å². The van der Waals surface area contributed by atoms with Crippen LogP contribution in [0.2, 0.25) is 0 Å². The standard InChI is InChI=1S/C24H23N3O2/c1-16(28)17-5-4-6-18(9-17)19-11-22(14-26-12-19)29-15-21(25)10-20-13-27-24-8-3-2-7-23(20)24/h2-9,11-14,21,27H,10,15,25H2,1H3/t21-/m1/s1. The Bertz CT molecular complexity index is 1150. The zero-order valence-electron chi connectivity index (χ0n) is 16.3. The van der Waals surface area contributed by atoms with Crippen molar-refractivity contribution in [2.75, 3.05) is 6.61 Å². The maximum atomic E-state index is 11.6. The SMILES string of the molecule is CC(=O)c1cccc(-c2cncc(OC[C@H](N)Cc3c[nH]c4ccccc34)c2)c1. The summed E-state index contributed by atoms with van der Waals surface area (Å²) >= 11 is 0. The summed E-state index contributed by atoms with van der Waals surface area (Å²) in [5.41, 5.74) is 11.1. The number of carbonyl (C=O) groups excluding carboxylic acids is 1. The van der Waals surface area contributed by atoms with Gasteiger partial charge in [-0.3, -0.25) is 9.78 Å². The number of pyridine rings is 1. The first kappa shape index (κ1) is 18.9. The Morgan fingerprint density at radius 3 is 2.83 bits per heavy atom. The molecule has 0 aliphatic rings. The Morgan fingerprint density at radius 1 is 1.10 bits per heavy atom. The number of hydrogen-bond acceptors (Lipinski definition) is 4. The number of ether oxygens (including phenoxy) is 1. The number of rotatable bonds is 7. The van der Waals surface area contributed by atoms with Gasteiger partial charge in [-0.05, 0) is 42.7 Å². The molecule has 4 aromatic rings. The van der Waals surface area contributed by atoms with Gasteiger partial charge >= 0.3 is 0 Å². The molecule has 0 fully saturated rings. The van der Waals surface area contributed by atoms with Crippen LogP contribution in [0.25, 0.3) is 22.0 Å². The minimum Gasteiger partial charge on any atom is -0.490 e. The van der Waals surface area contributed by atoms with Crippen molar-refractivity contribution in [3.63, 3.8) is 0 Å². The molecule has 0 saturated carbocycles. The topological polar surface area (TPSA) is 81.0 Å². The highest BCUT2D eigenvalue weighted by atomic mass is 16.5. The lowest BCUT2D eigenvalue weighted by Gasteiger charge is -2.13. The van der Waals surface area contributed by atoms with E-state index in [1.807, 2.05) is 48.7 Å². The Balaban J connectivity index is 1.43. The van der Waals surface area contributed by atoms with Gasteiger partial charge in [0.05, 0.1) is 6.20 Å². The summed E-state index contributed by atoms with van der Waals surface area (Å²) in [6.45, 7) is 1.95. The van der Waals surface area contributed by atoms with Gasteiger partial charge in [-0.2, -0.15) is 0 Å². The maximum Gasteiger partial charge on any atom is 0.159 e. The van der Waals surface area contributed by atoms with Crippen LogP contribution in [0, 0.1) is 0 Å². The fraction of sp³-hybridized carbons (Fsp3) is 0.167. The van der Waals surface area contributed by atoms with Crippen molar-refractivity contribution < 1.29 is 9.53 Å². The summed E-state index contributed by atoms with van der Waals surface area (Å²) in [4.78, 5) is 19.2. The molecule has 146 valence electrons. The predicted octanol–water partition coefficient (Wildman–Crippen LogP) is 4.38. The average molecular weight is 385 g/mol. The third kappa shape index (κ3) is 4.36. The molecule has 0 saturated heterocycles. The van der Waals surface area contributed by atoms with Crippen molar-refractivity contribution >= 4 is 16.7 Å². The van der Waals surface area contributed by atoms with Crippen LogP contribution in [-0.4, -0.2) is 28.4 Å². The first-order valence-electron chi connectivity index (χ1n) is 9.60. The van der Waals surface area contributed by atoms with E-state index in [4.69, 9.17) is 10.5 Å². The van der Waals surface area contributed by atoms with E-state index in [9.17, 15) is 4.79 Å².